The summed E-state index contributed by atoms with van der Waals surface area (Å²) in [5.74, 6) is 7.91. The molecule has 1 aliphatic rings. The van der Waals surface area contributed by atoms with Crippen LogP contribution in [0, 0.1) is 23.7 Å². The number of nitrogens with one attached hydrogen (secondary N) is 1. The van der Waals surface area contributed by atoms with Gasteiger partial charge in [-0.25, -0.2) is 0 Å². The number of hydrogen-bond donors (Lipinski definition) is 1. The smallest absolute Gasteiger partial charge is 0.0120 e. The summed E-state index contributed by atoms with van der Waals surface area (Å²) in [6.45, 7) is 6.60. The van der Waals surface area contributed by atoms with Crippen LogP contribution in [0.15, 0.2) is 0 Å². The molecule has 1 nitrogen and oxygen atoms in total. The van der Waals surface area contributed by atoms with Crippen molar-refractivity contribution in [3.8, 4) is 11.8 Å². The van der Waals surface area contributed by atoms with Gasteiger partial charge in [0.15, 0.2) is 0 Å². The number of rotatable bonds is 2. The van der Waals surface area contributed by atoms with Gasteiger partial charge in [-0.15, -0.1) is 11.8 Å². The van der Waals surface area contributed by atoms with E-state index in [2.05, 4.69) is 24.1 Å². The van der Waals surface area contributed by atoms with Gasteiger partial charge in [-0.3, -0.25) is 0 Å². The SMILES string of the molecule is CC#CCC1CCNCC1CC. The molecular weight excluding hydrogens is 146 g/mol. The van der Waals surface area contributed by atoms with Crippen molar-refractivity contribution in [3.63, 3.8) is 0 Å². The van der Waals surface area contributed by atoms with E-state index in [9.17, 15) is 0 Å². The number of hydrogen-bond acceptors (Lipinski definition) is 1. The molecule has 0 spiro atoms. The third-order valence-corrected chi connectivity index (χ3v) is 2.83. The molecule has 1 rings (SSSR count). The molecule has 1 saturated heterocycles. The largest absolute Gasteiger partial charge is 0.316 e. The Labute approximate surface area is 75.9 Å². The van der Waals surface area contributed by atoms with Crippen molar-refractivity contribution in [3.05, 3.63) is 0 Å². The van der Waals surface area contributed by atoms with E-state index in [1.165, 1.54) is 25.9 Å². The average molecular weight is 165 g/mol. The Morgan fingerprint density at radius 3 is 2.92 bits per heavy atom. The molecule has 0 aromatic heterocycles. The molecule has 2 atom stereocenters. The van der Waals surface area contributed by atoms with E-state index in [0.717, 1.165) is 18.3 Å². The lowest BCUT2D eigenvalue weighted by Gasteiger charge is -2.30. The minimum absolute atomic E-state index is 0.851. The Bertz CT molecular complexity index is 175. The lowest BCUT2D eigenvalue weighted by Crippen LogP contribution is -2.36. The Hall–Kier alpha value is -0.480. The van der Waals surface area contributed by atoms with Gasteiger partial charge < -0.3 is 5.32 Å². The first-order valence-corrected chi connectivity index (χ1v) is 4.98. The van der Waals surface area contributed by atoms with Gasteiger partial charge in [-0.05, 0) is 38.3 Å². The maximum Gasteiger partial charge on any atom is 0.0120 e. The molecule has 1 fully saturated rings. The molecule has 0 aromatic rings. The summed E-state index contributed by atoms with van der Waals surface area (Å²) in [6, 6.07) is 0. The van der Waals surface area contributed by atoms with Crippen molar-refractivity contribution in [1.82, 2.24) is 5.32 Å². The van der Waals surface area contributed by atoms with Crippen LogP contribution in [0.5, 0.6) is 0 Å². The van der Waals surface area contributed by atoms with Crippen molar-refractivity contribution < 1.29 is 0 Å². The molecule has 0 bridgehead atoms. The molecule has 12 heavy (non-hydrogen) atoms. The minimum atomic E-state index is 0.851. The minimum Gasteiger partial charge on any atom is -0.316 e. The summed E-state index contributed by atoms with van der Waals surface area (Å²) in [5, 5.41) is 3.44. The summed E-state index contributed by atoms with van der Waals surface area (Å²) in [6.07, 6.45) is 3.72. The summed E-state index contributed by atoms with van der Waals surface area (Å²) < 4.78 is 0. The lowest BCUT2D eigenvalue weighted by molar-refractivity contribution is 0.252. The first-order chi connectivity index (χ1) is 5.88. The number of piperidine rings is 1. The van der Waals surface area contributed by atoms with Crippen molar-refractivity contribution in [1.29, 1.82) is 0 Å². The van der Waals surface area contributed by atoms with E-state index in [1.54, 1.807) is 0 Å². The second kappa shape index (κ2) is 5.22. The molecule has 1 heterocycles. The molecule has 0 saturated carbocycles. The van der Waals surface area contributed by atoms with Crippen molar-refractivity contribution in [2.45, 2.75) is 33.1 Å². The fourth-order valence-electron chi connectivity index (χ4n) is 1.96. The molecule has 0 aromatic carbocycles. The van der Waals surface area contributed by atoms with E-state index in [-0.39, 0.29) is 0 Å². The van der Waals surface area contributed by atoms with Crippen LogP contribution in [-0.2, 0) is 0 Å². The summed E-state index contributed by atoms with van der Waals surface area (Å²) >= 11 is 0. The van der Waals surface area contributed by atoms with E-state index in [0.29, 0.717) is 0 Å². The predicted molar refractivity (Wildman–Crippen MR) is 52.8 cm³/mol. The monoisotopic (exact) mass is 165 g/mol. The zero-order chi connectivity index (χ0) is 8.81. The molecule has 2 unspecified atom stereocenters. The van der Waals surface area contributed by atoms with Crippen molar-refractivity contribution in [2.24, 2.45) is 11.8 Å². The highest BCUT2D eigenvalue weighted by atomic mass is 14.9. The molecule has 0 radical (unpaired) electrons. The van der Waals surface area contributed by atoms with Crippen LogP contribution in [0.4, 0.5) is 0 Å². The molecule has 1 heteroatoms. The maximum atomic E-state index is 3.44. The van der Waals surface area contributed by atoms with E-state index in [1.807, 2.05) is 6.92 Å². The Balaban J connectivity index is 2.39. The van der Waals surface area contributed by atoms with Gasteiger partial charge >= 0.3 is 0 Å². The third kappa shape index (κ3) is 2.53. The van der Waals surface area contributed by atoms with Crippen LogP contribution in [-0.4, -0.2) is 13.1 Å². The molecule has 1 aliphatic heterocycles. The quantitative estimate of drug-likeness (QED) is 0.617. The Morgan fingerprint density at radius 2 is 2.25 bits per heavy atom. The van der Waals surface area contributed by atoms with Crippen LogP contribution >= 0.6 is 0 Å². The standard InChI is InChI=1S/C11H19N/c1-3-5-6-11-7-8-12-9-10(11)4-2/h10-12H,4,6-9H2,1-2H3. The van der Waals surface area contributed by atoms with Crippen LogP contribution in [0.2, 0.25) is 0 Å². The van der Waals surface area contributed by atoms with Crippen LogP contribution in [0.3, 0.4) is 0 Å². The summed E-state index contributed by atoms with van der Waals surface area (Å²) in [7, 11) is 0. The van der Waals surface area contributed by atoms with Gasteiger partial charge in [0, 0.05) is 6.42 Å². The van der Waals surface area contributed by atoms with E-state index < -0.39 is 0 Å². The highest BCUT2D eigenvalue weighted by Crippen LogP contribution is 2.24. The van der Waals surface area contributed by atoms with Gasteiger partial charge in [-0.2, -0.15) is 0 Å². The van der Waals surface area contributed by atoms with Crippen LogP contribution < -0.4 is 5.32 Å². The van der Waals surface area contributed by atoms with Crippen LogP contribution in [0.25, 0.3) is 0 Å². The van der Waals surface area contributed by atoms with Gasteiger partial charge in [0.25, 0.3) is 0 Å². The maximum absolute atomic E-state index is 3.44. The van der Waals surface area contributed by atoms with E-state index >= 15 is 0 Å². The first-order valence-electron chi connectivity index (χ1n) is 4.98. The highest BCUT2D eigenvalue weighted by molar-refractivity contribution is 4.98. The van der Waals surface area contributed by atoms with Crippen molar-refractivity contribution >= 4 is 0 Å². The van der Waals surface area contributed by atoms with Crippen LogP contribution in [0.1, 0.15) is 33.1 Å². The predicted octanol–water partition coefficient (Wildman–Crippen LogP) is 2.04. The van der Waals surface area contributed by atoms with Gasteiger partial charge in [0.05, 0.1) is 0 Å². The van der Waals surface area contributed by atoms with Gasteiger partial charge in [0.2, 0.25) is 0 Å². The molecule has 0 amide bonds. The molecular formula is C11H19N. The van der Waals surface area contributed by atoms with Gasteiger partial charge in [0.1, 0.15) is 0 Å². The first kappa shape index (κ1) is 9.61. The lowest BCUT2D eigenvalue weighted by atomic mass is 9.83. The highest BCUT2D eigenvalue weighted by Gasteiger charge is 2.21. The average Bonchev–Trinajstić information content (AvgIpc) is 2.15. The Morgan fingerprint density at radius 1 is 1.42 bits per heavy atom. The summed E-state index contributed by atoms with van der Waals surface area (Å²) in [5.41, 5.74) is 0. The third-order valence-electron chi connectivity index (χ3n) is 2.83. The molecule has 0 aliphatic carbocycles. The normalized spacial score (nSPS) is 29.2. The molecule has 68 valence electrons. The second-order valence-electron chi connectivity index (χ2n) is 3.55. The fourth-order valence-corrected chi connectivity index (χ4v) is 1.96. The van der Waals surface area contributed by atoms with Crippen molar-refractivity contribution in [2.75, 3.05) is 13.1 Å². The molecule has 1 N–H and O–H groups in total. The van der Waals surface area contributed by atoms with E-state index in [4.69, 9.17) is 0 Å². The summed E-state index contributed by atoms with van der Waals surface area (Å²) in [4.78, 5) is 0. The zero-order valence-corrected chi connectivity index (χ0v) is 8.19. The van der Waals surface area contributed by atoms with Gasteiger partial charge in [-0.1, -0.05) is 13.3 Å². The topological polar surface area (TPSA) is 12.0 Å². The Kier molecular flexibility index (Phi) is 4.18. The zero-order valence-electron chi connectivity index (χ0n) is 8.19. The second-order valence-corrected chi connectivity index (χ2v) is 3.55. The fraction of sp³-hybridized carbons (Fsp3) is 0.818.